The van der Waals surface area contributed by atoms with Gasteiger partial charge in [-0.2, -0.15) is 0 Å². The number of esters is 1. The van der Waals surface area contributed by atoms with Gasteiger partial charge in [0.2, 0.25) is 0 Å². The summed E-state index contributed by atoms with van der Waals surface area (Å²) in [4.78, 5) is 25.5. The van der Waals surface area contributed by atoms with E-state index in [1.807, 2.05) is 18.7 Å². The third-order valence-corrected chi connectivity index (χ3v) is 5.08. The van der Waals surface area contributed by atoms with Crippen LogP contribution in [0.4, 0.5) is 0 Å². The van der Waals surface area contributed by atoms with Crippen LogP contribution >= 0.6 is 11.8 Å². The summed E-state index contributed by atoms with van der Waals surface area (Å²) in [5, 5.41) is 2.71. The highest BCUT2D eigenvalue weighted by molar-refractivity contribution is 8.03. The van der Waals surface area contributed by atoms with Crippen molar-refractivity contribution < 1.29 is 14.3 Å². The summed E-state index contributed by atoms with van der Waals surface area (Å²) in [5.74, 6) is -0.821. The highest BCUT2D eigenvalue weighted by atomic mass is 32.2. The molecule has 2 aliphatic rings. The number of fused-ring (bicyclic) bond motifs is 1. The molecule has 1 saturated carbocycles. The Bertz CT molecular complexity index is 383. The van der Waals surface area contributed by atoms with E-state index in [0.717, 1.165) is 12.8 Å². The van der Waals surface area contributed by atoms with Crippen molar-refractivity contribution in [2.75, 3.05) is 13.2 Å². The first-order valence-electron chi connectivity index (χ1n) is 6.98. The largest absolute Gasteiger partial charge is 0.459 e. The maximum atomic E-state index is 12.2. The Kier molecular flexibility index (Phi) is 4.91. The number of rotatable bonds is 3. The first-order chi connectivity index (χ1) is 9.19. The zero-order valence-electron chi connectivity index (χ0n) is 11.5. The maximum absolute atomic E-state index is 12.2. The summed E-state index contributed by atoms with van der Waals surface area (Å²) in [7, 11) is 0. The molecule has 1 heterocycles. The standard InChI is InChI=1S/C14H21NO3S/c1-3-15(13(16)14(17)18-4-2)11-6-5-7-12-10(11)8-9-19-12/h8-12H,3-7H2,1-2H3/t10?,11-,12?/m1/s1. The second-order valence-corrected chi connectivity index (χ2v) is 6.04. The minimum atomic E-state index is -0.721. The molecular formula is C14H21NO3S. The summed E-state index contributed by atoms with van der Waals surface area (Å²) < 4.78 is 4.84. The average molecular weight is 283 g/mol. The van der Waals surface area contributed by atoms with Crippen LogP contribution in [-0.2, 0) is 14.3 Å². The van der Waals surface area contributed by atoms with E-state index >= 15 is 0 Å². The molecule has 0 saturated heterocycles. The number of likely N-dealkylation sites (N-methyl/N-ethyl adjacent to an activating group) is 1. The van der Waals surface area contributed by atoms with Gasteiger partial charge in [0.05, 0.1) is 6.61 Å². The molecule has 1 amide bonds. The number of ether oxygens (including phenoxy) is 1. The van der Waals surface area contributed by atoms with E-state index < -0.39 is 11.9 Å². The fourth-order valence-electron chi connectivity index (χ4n) is 3.01. The third-order valence-electron chi connectivity index (χ3n) is 3.87. The molecule has 5 heteroatoms. The molecule has 0 radical (unpaired) electrons. The number of nitrogens with zero attached hydrogens (tertiary/aromatic N) is 1. The predicted octanol–water partition coefficient (Wildman–Crippen LogP) is 2.20. The van der Waals surface area contributed by atoms with Gasteiger partial charge in [0, 0.05) is 23.8 Å². The average Bonchev–Trinajstić information content (AvgIpc) is 2.88. The lowest BCUT2D eigenvalue weighted by atomic mass is 9.83. The van der Waals surface area contributed by atoms with Crippen LogP contribution in [0.5, 0.6) is 0 Å². The Morgan fingerprint density at radius 2 is 2.16 bits per heavy atom. The molecule has 19 heavy (non-hydrogen) atoms. The molecule has 2 unspecified atom stereocenters. The lowest BCUT2D eigenvalue weighted by Gasteiger charge is -2.39. The van der Waals surface area contributed by atoms with Crippen molar-refractivity contribution in [1.82, 2.24) is 4.90 Å². The minimum Gasteiger partial charge on any atom is -0.459 e. The van der Waals surface area contributed by atoms with Crippen molar-refractivity contribution in [2.45, 2.75) is 44.4 Å². The number of carbonyl (C=O) groups is 2. The molecule has 1 aliphatic heterocycles. The molecule has 4 nitrogen and oxygen atoms in total. The monoisotopic (exact) mass is 283 g/mol. The maximum Gasteiger partial charge on any atom is 0.397 e. The molecule has 1 aliphatic carbocycles. The summed E-state index contributed by atoms with van der Waals surface area (Å²) in [5.41, 5.74) is 0. The van der Waals surface area contributed by atoms with Gasteiger partial charge in [-0.15, -0.1) is 11.8 Å². The van der Waals surface area contributed by atoms with Crippen molar-refractivity contribution in [3.8, 4) is 0 Å². The topological polar surface area (TPSA) is 46.6 Å². The zero-order valence-corrected chi connectivity index (χ0v) is 12.3. The van der Waals surface area contributed by atoms with E-state index in [1.165, 1.54) is 6.42 Å². The molecule has 0 spiro atoms. The van der Waals surface area contributed by atoms with Gasteiger partial charge in [-0.1, -0.05) is 12.5 Å². The van der Waals surface area contributed by atoms with E-state index in [4.69, 9.17) is 4.74 Å². The summed E-state index contributed by atoms with van der Waals surface area (Å²) in [6.45, 7) is 4.44. The summed E-state index contributed by atoms with van der Waals surface area (Å²) >= 11 is 1.85. The molecule has 0 bridgehead atoms. The lowest BCUT2D eigenvalue weighted by Crippen LogP contribution is -2.50. The number of hydrogen-bond donors (Lipinski definition) is 0. The molecule has 0 N–H and O–H groups in total. The van der Waals surface area contributed by atoms with Gasteiger partial charge in [-0.25, -0.2) is 4.79 Å². The van der Waals surface area contributed by atoms with E-state index in [9.17, 15) is 9.59 Å². The van der Waals surface area contributed by atoms with Crippen LogP contribution in [0.3, 0.4) is 0 Å². The smallest absolute Gasteiger partial charge is 0.397 e. The number of carbonyl (C=O) groups excluding carboxylic acids is 2. The van der Waals surface area contributed by atoms with E-state index in [1.54, 1.807) is 11.8 Å². The first kappa shape index (κ1) is 14.4. The third kappa shape index (κ3) is 2.96. The molecule has 2 rings (SSSR count). The second kappa shape index (κ2) is 6.46. The van der Waals surface area contributed by atoms with Gasteiger partial charge in [0.15, 0.2) is 0 Å². The van der Waals surface area contributed by atoms with E-state index in [-0.39, 0.29) is 12.6 Å². The van der Waals surface area contributed by atoms with Crippen LogP contribution in [0.1, 0.15) is 33.1 Å². The van der Waals surface area contributed by atoms with Gasteiger partial charge in [0.1, 0.15) is 0 Å². The first-order valence-corrected chi connectivity index (χ1v) is 7.93. The predicted molar refractivity (Wildman–Crippen MR) is 75.7 cm³/mol. The van der Waals surface area contributed by atoms with Crippen LogP contribution in [0.15, 0.2) is 11.5 Å². The van der Waals surface area contributed by atoms with Crippen molar-refractivity contribution in [3.63, 3.8) is 0 Å². The van der Waals surface area contributed by atoms with Crippen LogP contribution in [-0.4, -0.2) is 41.2 Å². The fraction of sp³-hybridized carbons (Fsp3) is 0.714. The van der Waals surface area contributed by atoms with Gasteiger partial charge in [-0.05, 0) is 32.1 Å². The van der Waals surface area contributed by atoms with Crippen molar-refractivity contribution in [2.24, 2.45) is 5.92 Å². The van der Waals surface area contributed by atoms with Crippen molar-refractivity contribution in [1.29, 1.82) is 0 Å². The molecule has 106 valence electrons. The van der Waals surface area contributed by atoms with Gasteiger partial charge >= 0.3 is 11.9 Å². The number of amides is 1. The van der Waals surface area contributed by atoms with Crippen LogP contribution in [0, 0.1) is 5.92 Å². The van der Waals surface area contributed by atoms with Gasteiger partial charge in [0.25, 0.3) is 0 Å². The Balaban J connectivity index is 2.09. The Morgan fingerprint density at radius 3 is 2.84 bits per heavy atom. The quantitative estimate of drug-likeness (QED) is 0.588. The van der Waals surface area contributed by atoms with E-state index in [0.29, 0.717) is 17.7 Å². The molecule has 0 aromatic carbocycles. The highest BCUT2D eigenvalue weighted by Crippen LogP contribution is 2.42. The van der Waals surface area contributed by atoms with Crippen LogP contribution in [0.2, 0.25) is 0 Å². The molecule has 1 fully saturated rings. The number of hydrogen-bond acceptors (Lipinski definition) is 4. The van der Waals surface area contributed by atoms with Crippen LogP contribution in [0.25, 0.3) is 0 Å². The Morgan fingerprint density at radius 1 is 1.37 bits per heavy atom. The molecular weight excluding hydrogens is 262 g/mol. The van der Waals surface area contributed by atoms with Gasteiger partial charge in [-0.3, -0.25) is 4.79 Å². The normalized spacial score (nSPS) is 28.8. The second-order valence-electron chi connectivity index (χ2n) is 4.89. The van der Waals surface area contributed by atoms with Crippen LogP contribution < -0.4 is 0 Å². The van der Waals surface area contributed by atoms with Crippen molar-refractivity contribution in [3.05, 3.63) is 11.5 Å². The number of thioether (sulfide) groups is 1. The molecule has 0 aromatic rings. The van der Waals surface area contributed by atoms with E-state index in [2.05, 4.69) is 11.5 Å². The Hall–Kier alpha value is -0.970. The Labute approximate surface area is 118 Å². The molecule has 0 aromatic heterocycles. The van der Waals surface area contributed by atoms with Gasteiger partial charge < -0.3 is 9.64 Å². The SMILES string of the molecule is CCOC(=O)C(=O)N(CC)[C@@H]1CCCC2SC=CC21. The zero-order chi connectivity index (χ0) is 13.8. The summed E-state index contributed by atoms with van der Waals surface area (Å²) in [6, 6.07) is 0.145. The highest BCUT2D eigenvalue weighted by Gasteiger charge is 2.40. The minimum absolute atomic E-state index is 0.145. The van der Waals surface area contributed by atoms with Crippen molar-refractivity contribution >= 4 is 23.6 Å². The lowest BCUT2D eigenvalue weighted by molar-refractivity contribution is -0.161. The fourth-order valence-corrected chi connectivity index (χ4v) is 4.24. The summed E-state index contributed by atoms with van der Waals surface area (Å²) in [6.07, 6.45) is 5.49. The molecule has 3 atom stereocenters.